The van der Waals surface area contributed by atoms with Crippen molar-refractivity contribution in [3.05, 3.63) is 99.4 Å². The Balaban J connectivity index is 1.46. The number of nitrogens with two attached hydrogens (primary N) is 1. The van der Waals surface area contributed by atoms with Gasteiger partial charge in [0.1, 0.15) is 0 Å². The van der Waals surface area contributed by atoms with Gasteiger partial charge in [0.25, 0.3) is 5.69 Å². The summed E-state index contributed by atoms with van der Waals surface area (Å²) < 4.78 is 0. The predicted molar refractivity (Wildman–Crippen MR) is 116 cm³/mol. The van der Waals surface area contributed by atoms with Gasteiger partial charge in [0.15, 0.2) is 5.78 Å². The topological polar surface area (TPSA) is 128 Å². The highest BCUT2D eigenvalue weighted by molar-refractivity contribution is 5.98. The van der Waals surface area contributed by atoms with Gasteiger partial charge in [-0.15, -0.1) is 0 Å². The molecule has 3 rings (SSSR count). The molecular formula is C23H22N4O4. The Labute approximate surface area is 179 Å². The van der Waals surface area contributed by atoms with Crippen molar-refractivity contribution in [2.24, 2.45) is 0 Å². The van der Waals surface area contributed by atoms with Crippen LogP contribution < -0.4 is 11.1 Å². The summed E-state index contributed by atoms with van der Waals surface area (Å²) in [4.78, 5) is 38.7. The first kappa shape index (κ1) is 21.6. The maximum Gasteiger partial charge on any atom is 0.269 e. The summed E-state index contributed by atoms with van der Waals surface area (Å²) in [5.74, 6) is -0.164. The molecule has 3 N–H and O–H groups in total. The summed E-state index contributed by atoms with van der Waals surface area (Å²) in [7, 11) is 0. The van der Waals surface area contributed by atoms with E-state index < -0.39 is 4.92 Å². The molecular weight excluding hydrogens is 396 g/mol. The number of nitrogens with one attached hydrogen (secondary N) is 1. The molecule has 31 heavy (non-hydrogen) atoms. The van der Waals surface area contributed by atoms with Crippen LogP contribution in [-0.2, 0) is 24.2 Å². The number of carbonyl (C=O) groups is 2. The Kier molecular flexibility index (Phi) is 7.05. The monoisotopic (exact) mass is 418 g/mol. The number of hydrogen-bond donors (Lipinski definition) is 2. The number of anilines is 1. The van der Waals surface area contributed by atoms with E-state index in [9.17, 15) is 19.7 Å². The third-order valence-corrected chi connectivity index (χ3v) is 4.85. The minimum Gasteiger partial charge on any atom is -0.397 e. The number of nitrogens with zero attached hydrogens (tertiary/aromatic N) is 2. The van der Waals surface area contributed by atoms with Gasteiger partial charge in [-0.25, -0.2) is 0 Å². The summed E-state index contributed by atoms with van der Waals surface area (Å²) in [6.07, 6.45) is 4.10. The summed E-state index contributed by atoms with van der Waals surface area (Å²) in [5, 5.41) is 13.5. The summed E-state index contributed by atoms with van der Waals surface area (Å²) in [6.45, 7) is 0.352. The molecule has 0 atom stereocenters. The second kappa shape index (κ2) is 10.1. The molecule has 158 valence electrons. The minimum absolute atomic E-state index is 0.0272. The van der Waals surface area contributed by atoms with E-state index in [-0.39, 0.29) is 30.2 Å². The van der Waals surface area contributed by atoms with Gasteiger partial charge >= 0.3 is 0 Å². The van der Waals surface area contributed by atoms with Crippen molar-refractivity contribution in [3.63, 3.8) is 0 Å². The van der Waals surface area contributed by atoms with Crippen LogP contribution in [-0.4, -0.2) is 21.6 Å². The Morgan fingerprint density at radius 3 is 2.32 bits per heavy atom. The van der Waals surface area contributed by atoms with Gasteiger partial charge < -0.3 is 11.1 Å². The SMILES string of the molecule is Nc1cnccc1CC(=O)c1ccc(CNC(=O)CCc2ccc([N+](=O)[O-])cc2)cc1. The Hall–Kier alpha value is -4.07. The summed E-state index contributed by atoms with van der Waals surface area (Å²) in [5.41, 5.74) is 9.41. The first-order valence-corrected chi connectivity index (χ1v) is 9.73. The molecule has 0 bridgehead atoms. The van der Waals surface area contributed by atoms with E-state index in [1.54, 1.807) is 48.7 Å². The molecule has 8 heteroatoms. The number of non-ortho nitro benzene ring substituents is 1. The van der Waals surface area contributed by atoms with E-state index in [4.69, 9.17) is 5.73 Å². The molecule has 8 nitrogen and oxygen atoms in total. The maximum absolute atomic E-state index is 12.4. The molecule has 0 aliphatic rings. The molecule has 0 radical (unpaired) electrons. The molecule has 3 aromatic rings. The number of aryl methyl sites for hydroxylation is 1. The van der Waals surface area contributed by atoms with Gasteiger partial charge in [0, 0.05) is 43.3 Å². The largest absolute Gasteiger partial charge is 0.397 e. The average Bonchev–Trinajstić information content (AvgIpc) is 2.78. The van der Waals surface area contributed by atoms with Gasteiger partial charge in [-0.3, -0.25) is 24.7 Å². The zero-order chi connectivity index (χ0) is 22.2. The molecule has 0 aliphatic carbocycles. The number of hydrogen-bond acceptors (Lipinski definition) is 6. The Morgan fingerprint density at radius 1 is 1.00 bits per heavy atom. The van der Waals surface area contributed by atoms with Crippen molar-refractivity contribution in [1.82, 2.24) is 10.3 Å². The van der Waals surface area contributed by atoms with Crippen LogP contribution in [0.5, 0.6) is 0 Å². The normalized spacial score (nSPS) is 10.5. The first-order chi connectivity index (χ1) is 14.9. The van der Waals surface area contributed by atoms with Crippen LogP contribution in [0.4, 0.5) is 11.4 Å². The van der Waals surface area contributed by atoms with Crippen LogP contribution in [0, 0.1) is 10.1 Å². The van der Waals surface area contributed by atoms with Crippen molar-refractivity contribution < 1.29 is 14.5 Å². The van der Waals surface area contributed by atoms with Crippen LogP contribution in [0.3, 0.4) is 0 Å². The highest BCUT2D eigenvalue weighted by Gasteiger charge is 2.10. The Bertz CT molecular complexity index is 1080. The zero-order valence-electron chi connectivity index (χ0n) is 16.8. The van der Waals surface area contributed by atoms with Crippen LogP contribution in [0.15, 0.2) is 67.0 Å². The van der Waals surface area contributed by atoms with Crippen molar-refractivity contribution in [1.29, 1.82) is 0 Å². The molecule has 1 amide bonds. The van der Waals surface area contributed by atoms with E-state index in [1.165, 1.54) is 18.3 Å². The van der Waals surface area contributed by atoms with Crippen molar-refractivity contribution in [2.75, 3.05) is 5.73 Å². The number of Topliss-reactive ketones (excluding diaryl/α,β-unsaturated/α-hetero) is 1. The van der Waals surface area contributed by atoms with E-state index in [2.05, 4.69) is 10.3 Å². The zero-order valence-corrected chi connectivity index (χ0v) is 16.8. The van der Waals surface area contributed by atoms with Crippen LogP contribution >= 0.6 is 0 Å². The van der Waals surface area contributed by atoms with Gasteiger partial charge in [-0.05, 0) is 29.2 Å². The van der Waals surface area contributed by atoms with Crippen molar-refractivity contribution >= 4 is 23.1 Å². The fraction of sp³-hybridized carbons (Fsp3) is 0.174. The molecule has 1 aromatic heterocycles. The van der Waals surface area contributed by atoms with Gasteiger partial charge in [-0.2, -0.15) is 0 Å². The molecule has 0 aliphatic heterocycles. The summed E-state index contributed by atoms with van der Waals surface area (Å²) >= 11 is 0. The fourth-order valence-electron chi connectivity index (χ4n) is 3.01. The highest BCUT2D eigenvalue weighted by atomic mass is 16.6. The van der Waals surface area contributed by atoms with E-state index in [0.717, 1.165) is 16.7 Å². The number of nitro groups is 1. The van der Waals surface area contributed by atoms with Gasteiger partial charge in [-0.1, -0.05) is 36.4 Å². The van der Waals surface area contributed by atoms with Gasteiger partial charge in [0.05, 0.1) is 16.8 Å². The lowest BCUT2D eigenvalue weighted by molar-refractivity contribution is -0.384. The molecule has 0 saturated carbocycles. The number of benzene rings is 2. The average molecular weight is 418 g/mol. The lowest BCUT2D eigenvalue weighted by Crippen LogP contribution is -2.23. The number of nitro benzene ring substituents is 1. The van der Waals surface area contributed by atoms with E-state index in [1.807, 2.05) is 0 Å². The number of pyridine rings is 1. The number of amides is 1. The van der Waals surface area contributed by atoms with Crippen LogP contribution in [0.25, 0.3) is 0 Å². The second-order valence-corrected chi connectivity index (χ2v) is 7.07. The van der Waals surface area contributed by atoms with Crippen LogP contribution in [0.2, 0.25) is 0 Å². The first-order valence-electron chi connectivity index (χ1n) is 9.73. The van der Waals surface area contributed by atoms with Crippen molar-refractivity contribution in [3.8, 4) is 0 Å². The van der Waals surface area contributed by atoms with Crippen LogP contribution in [0.1, 0.15) is 33.5 Å². The molecule has 0 fully saturated rings. The highest BCUT2D eigenvalue weighted by Crippen LogP contribution is 2.15. The fourth-order valence-corrected chi connectivity index (χ4v) is 3.01. The number of carbonyl (C=O) groups excluding carboxylic acids is 2. The predicted octanol–water partition coefficient (Wildman–Crippen LogP) is 3.25. The Morgan fingerprint density at radius 2 is 1.68 bits per heavy atom. The molecule has 0 unspecified atom stereocenters. The summed E-state index contributed by atoms with van der Waals surface area (Å²) in [6, 6.07) is 15.0. The molecule has 0 saturated heterocycles. The lowest BCUT2D eigenvalue weighted by Gasteiger charge is -2.07. The maximum atomic E-state index is 12.4. The molecule has 0 spiro atoms. The number of ketones is 1. The standard InChI is InChI=1S/C23H22N4O4/c24-21-15-25-12-11-19(21)13-22(28)18-6-1-17(2-7-18)14-26-23(29)10-5-16-3-8-20(9-4-16)27(30)31/h1-4,6-9,11-12,15H,5,10,13-14,24H2,(H,26,29). The lowest BCUT2D eigenvalue weighted by atomic mass is 10.0. The third kappa shape index (κ3) is 6.20. The molecule has 2 aromatic carbocycles. The molecule has 1 heterocycles. The van der Waals surface area contributed by atoms with Gasteiger partial charge in [0.2, 0.25) is 5.91 Å². The van der Waals surface area contributed by atoms with Crippen molar-refractivity contribution in [2.45, 2.75) is 25.8 Å². The third-order valence-electron chi connectivity index (χ3n) is 4.85. The van der Waals surface area contributed by atoms with E-state index in [0.29, 0.717) is 24.2 Å². The minimum atomic E-state index is -0.454. The number of nitrogen functional groups attached to an aromatic ring is 1. The quantitative estimate of drug-likeness (QED) is 0.312. The van der Waals surface area contributed by atoms with E-state index >= 15 is 0 Å². The second-order valence-electron chi connectivity index (χ2n) is 7.07. The smallest absolute Gasteiger partial charge is 0.269 e. The number of rotatable bonds is 9. The number of aromatic nitrogens is 1.